The Morgan fingerprint density at radius 2 is 2.31 bits per heavy atom. The molecule has 4 heteroatoms. The molecule has 0 unspecified atom stereocenters. The van der Waals surface area contributed by atoms with Crippen molar-refractivity contribution in [2.45, 2.75) is 31.9 Å². The van der Waals surface area contributed by atoms with Gasteiger partial charge in [0.15, 0.2) is 0 Å². The molecule has 13 heavy (non-hydrogen) atoms. The van der Waals surface area contributed by atoms with Crippen LogP contribution in [0.25, 0.3) is 0 Å². The minimum Gasteiger partial charge on any atom is -0.394 e. The topological polar surface area (TPSA) is 69.6 Å². The van der Waals surface area contributed by atoms with Crippen LogP contribution in [0.15, 0.2) is 0 Å². The van der Waals surface area contributed by atoms with Crippen molar-refractivity contribution in [1.82, 2.24) is 5.32 Å². The van der Waals surface area contributed by atoms with E-state index in [2.05, 4.69) is 11.2 Å². The molecule has 0 aliphatic heterocycles. The summed E-state index contributed by atoms with van der Waals surface area (Å²) >= 11 is 0. The van der Waals surface area contributed by atoms with Gasteiger partial charge in [0.25, 0.3) is 0 Å². The van der Waals surface area contributed by atoms with Crippen LogP contribution < -0.4 is 5.32 Å². The van der Waals surface area contributed by atoms with Gasteiger partial charge in [-0.2, -0.15) is 0 Å². The molecular weight excluding hydrogens is 170 g/mol. The highest BCUT2D eigenvalue weighted by molar-refractivity contribution is 5.76. The smallest absolute Gasteiger partial charge is 0.221 e. The summed E-state index contributed by atoms with van der Waals surface area (Å²) in [6, 6.07) is -0.606. The quantitative estimate of drug-likeness (QED) is 0.494. The lowest BCUT2D eigenvalue weighted by molar-refractivity contribution is -0.122. The Balaban J connectivity index is 3.81. The van der Waals surface area contributed by atoms with Crippen LogP contribution in [0.2, 0.25) is 0 Å². The zero-order valence-electron chi connectivity index (χ0n) is 7.66. The highest BCUT2D eigenvalue weighted by Gasteiger charge is 2.15. The number of aliphatic hydroxyl groups is 2. The van der Waals surface area contributed by atoms with Gasteiger partial charge >= 0.3 is 0 Å². The fourth-order valence-electron chi connectivity index (χ4n) is 0.783. The molecule has 0 aromatic heterocycles. The second kappa shape index (κ2) is 6.46. The van der Waals surface area contributed by atoms with E-state index in [1.54, 1.807) is 0 Å². The standard InChI is InChI=1S/C9H15NO3/c1-3-4-5-9(13)10-8(6-11)7(2)12/h1,7-8,11-12H,4-6H2,2H3,(H,10,13)/t7-,8-/m1/s1. The van der Waals surface area contributed by atoms with E-state index in [9.17, 15) is 4.79 Å². The van der Waals surface area contributed by atoms with Gasteiger partial charge in [0.1, 0.15) is 0 Å². The Labute approximate surface area is 78.0 Å². The van der Waals surface area contributed by atoms with Gasteiger partial charge in [0.2, 0.25) is 5.91 Å². The third-order valence-electron chi connectivity index (χ3n) is 1.62. The van der Waals surface area contributed by atoms with E-state index in [0.29, 0.717) is 6.42 Å². The highest BCUT2D eigenvalue weighted by Crippen LogP contribution is 1.93. The molecule has 74 valence electrons. The lowest BCUT2D eigenvalue weighted by Crippen LogP contribution is -2.44. The summed E-state index contributed by atoms with van der Waals surface area (Å²) in [6.07, 6.45) is 4.79. The summed E-state index contributed by atoms with van der Waals surface area (Å²) in [6.45, 7) is 1.22. The zero-order valence-corrected chi connectivity index (χ0v) is 7.66. The maximum absolute atomic E-state index is 11.0. The first-order valence-electron chi connectivity index (χ1n) is 4.13. The van der Waals surface area contributed by atoms with Crippen LogP contribution in [0.5, 0.6) is 0 Å². The summed E-state index contributed by atoms with van der Waals surface area (Å²) in [5.41, 5.74) is 0. The van der Waals surface area contributed by atoms with E-state index in [4.69, 9.17) is 16.6 Å². The van der Waals surface area contributed by atoms with E-state index >= 15 is 0 Å². The average molecular weight is 185 g/mol. The van der Waals surface area contributed by atoms with Crippen molar-refractivity contribution in [3.05, 3.63) is 0 Å². The molecule has 2 atom stereocenters. The SMILES string of the molecule is C#CCCC(=O)N[C@H](CO)[C@@H](C)O. The van der Waals surface area contributed by atoms with Gasteiger partial charge in [-0.05, 0) is 6.92 Å². The average Bonchev–Trinajstić information content (AvgIpc) is 2.10. The molecule has 3 N–H and O–H groups in total. The summed E-state index contributed by atoms with van der Waals surface area (Å²) in [5.74, 6) is 2.08. The van der Waals surface area contributed by atoms with Crippen molar-refractivity contribution >= 4 is 5.91 Å². The molecule has 0 radical (unpaired) electrons. The third kappa shape index (κ3) is 5.23. The number of hydrogen-bond acceptors (Lipinski definition) is 3. The number of amides is 1. The number of carbonyl (C=O) groups is 1. The summed E-state index contributed by atoms with van der Waals surface area (Å²) in [5, 5.41) is 20.3. The Morgan fingerprint density at radius 3 is 2.69 bits per heavy atom. The van der Waals surface area contributed by atoms with Crippen LogP contribution in [-0.2, 0) is 4.79 Å². The molecule has 1 amide bonds. The van der Waals surface area contributed by atoms with E-state index in [1.165, 1.54) is 6.92 Å². The second-order valence-electron chi connectivity index (χ2n) is 2.80. The van der Waals surface area contributed by atoms with Crippen molar-refractivity contribution in [2.24, 2.45) is 0 Å². The maximum Gasteiger partial charge on any atom is 0.221 e. The minimum atomic E-state index is -0.764. The minimum absolute atomic E-state index is 0.222. The van der Waals surface area contributed by atoms with Gasteiger partial charge in [0, 0.05) is 12.8 Å². The van der Waals surface area contributed by atoms with Gasteiger partial charge in [-0.1, -0.05) is 0 Å². The largest absolute Gasteiger partial charge is 0.394 e. The van der Waals surface area contributed by atoms with Gasteiger partial charge in [-0.3, -0.25) is 4.79 Å². The third-order valence-corrected chi connectivity index (χ3v) is 1.62. The van der Waals surface area contributed by atoms with Crippen LogP contribution in [0.3, 0.4) is 0 Å². The van der Waals surface area contributed by atoms with Crippen LogP contribution in [0.1, 0.15) is 19.8 Å². The maximum atomic E-state index is 11.0. The van der Waals surface area contributed by atoms with Gasteiger partial charge in [-0.15, -0.1) is 12.3 Å². The molecule has 0 saturated carbocycles. The highest BCUT2D eigenvalue weighted by atomic mass is 16.3. The van der Waals surface area contributed by atoms with Gasteiger partial charge in [0.05, 0.1) is 18.8 Å². The van der Waals surface area contributed by atoms with Crippen LogP contribution in [-0.4, -0.2) is 34.9 Å². The summed E-state index contributed by atoms with van der Waals surface area (Å²) in [4.78, 5) is 11.0. The molecule has 0 saturated heterocycles. The van der Waals surface area contributed by atoms with Gasteiger partial charge in [-0.25, -0.2) is 0 Å². The zero-order chi connectivity index (χ0) is 10.3. The number of aliphatic hydroxyl groups excluding tert-OH is 2. The molecule has 0 aliphatic rings. The van der Waals surface area contributed by atoms with E-state index in [1.807, 2.05) is 0 Å². The lowest BCUT2D eigenvalue weighted by Gasteiger charge is -2.18. The van der Waals surface area contributed by atoms with E-state index in [-0.39, 0.29) is 18.9 Å². The molecular formula is C9H15NO3. The number of hydrogen-bond donors (Lipinski definition) is 3. The first-order chi connectivity index (χ1) is 6.11. The normalized spacial score (nSPS) is 14.3. The Hall–Kier alpha value is -1.05. The van der Waals surface area contributed by atoms with Crippen LogP contribution in [0, 0.1) is 12.3 Å². The van der Waals surface area contributed by atoms with Gasteiger partial charge < -0.3 is 15.5 Å². The monoisotopic (exact) mass is 185 g/mol. The second-order valence-corrected chi connectivity index (χ2v) is 2.80. The molecule has 0 rings (SSSR count). The Kier molecular flexibility index (Phi) is 5.94. The van der Waals surface area contributed by atoms with E-state index < -0.39 is 12.1 Å². The van der Waals surface area contributed by atoms with Crippen molar-refractivity contribution in [2.75, 3.05) is 6.61 Å². The van der Waals surface area contributed by atoms with Crippen LogP contribution in [0.4, 0.5) is 0 Å². The predicted octanol–water partition coefficient (Wildman–Crippen LogP) is -0.742. The first-order valence-corrected chi connectivity index (χ1v) is 4.13. The number of nitrogens with one attached hydrogen (secondary N) is 1. The Bertz CT molecular complexity index is 196. The first kappa shape index (κ1) is 11.9. The van der Waals surface area contributed by atoms with Crippen molar-refractivity contribution in [1.29, 1.82) is 0 Å². The molecule has 0 spiro atoms. The summed E-state index contributed by atoms with van der Waals surface area (Å²) < 4.78 is 0. The molecule has 0 aromatic carbocycles. The molecule has 0 fully saturated rings. The van der Waals surface area contributed by atoms with Crippen molar-refractivity contribution < 1.29 is 15.0 Å². The molecule has 0 aliphatic carbocycles. The number of carbonyl (C=O) groups excluding carboxylic acids is 1. The van der Waals surface area contributed by atoms with Crippen LogP contribution >= 0.6 is 0 Å². The molecule has 4 nitrogen and oxygen atoms in total. The molecule has 0 aromatic rings. The Morgan fingerprint density at radius 1 is 1.69 bits per heavy atom. The summed E-state index contributed by atoms with van der Waals surface area (Å²) in [7, 11) is 0. The molecule has 0 heterocycles. The number of terminal acetylenes is 1. The van der Waals surface area contributed by atoms with E-state index in [0.717, 1.165) is 0 Å². The fourth-order valence-corrected chi connectivity index (χ4v) is 0.783. The molecule has 0 bridgehead atoms. The van der Waals surface area contributed by atoms with Crippen molar-refractivity contribution in [3.63, 3.8) is 0 Å². The predicted molar refractivity (Wildman–Crippen MR) is 48.8 cm³/mol. The fraction of sp³-hybridized carbons (Fsp3) is 0.667. The number of rotatable bonds is 5. The lowest BCUT2D eigenvalue weighted by atomic mass is 10.2. The van der Waals surface area contributed by atoms with Crippen molar-refractivity contribution in [3.8, 4) is 12.3 Å².